The summed E-state index contributed by atoms with van der Waals surface area (Å²) in [5.74, 6) is 1.59. The average molecular weight is 345 g/mol. The number of hydrogen-bond donors (Lipinski definition) is 1. The van der Waals surface area contributed by atoms with E-state index < -0.39 is 0 Å². The van der Waals surface area contributed by atoms with Crippen molar-refractivity contribution in [3.63, 3.8) is 0 Å². The Morgan fingerprint density at radius 2 is 1.88 bits per heavy atom. The number of aliphatic imine (C=N–C) groups is 1. The number of nitrogens with one attached hydrogen (secondary N) is 1. The first-order chi connectivity index (χ1) is 11.4. The second-order valence-electron chi connectivity index (χ2n) is 6.51. The topological polar surface area (TPSA) is 59.4 Å². The van der Waals surface area contributed by atoms with Gasteiger partial charge in [0.05, 0.1) is 22.0 Å². The quantitative estimate of drug-likeness (QED) is 0.892. The zero-order valence-corrected chi connectivity index (χ0v) is 15.5. The molecule has 1 N–H and O–H groups in total. The van der Waals surface area contributed by atoms with E-state index in [2.05, 4.69) is 10.1 Å². The molecule has 1 unspecified atom stereocenters. The van der Waals surface area contributed by atoms with Crippen molar-refractivity contribution in [3.8, 4) is 5.75 Å². The van der Waals surface area contributed by atoms with Crippen LogP contribution >= 0.6 is 11.8 Å². The smallest absolute Gasteiger partial charge is 0.271 e. The summed E-state index contributed by atoms with van der Waals surface area (Å²) in [7, 11) is 0. The molecule has 1 atom stereocenters. The minimum absolute atomic E-state index is 0.0469. The molecule has 1 aromatic heterocycles. The van der Waals surface area contributed by atoms with Crippen molar-refractivity contribution in [2.75, 3.05) is 0 Å². The molecule has 0 bridgehead atoms. The molecule has 128 valence electrons. The lowest BCUT2D eigenvalue weighted by atomic mass is 10.1. The highest BCUT2D eigenvalue weighted by Gasteiger charge is 2.30. The summed E-state index contributed by atoms with van der Waals surface area (Å²) in [6.07, 6.45) is 0.142. The molecular formula is C18H23N3O2S. The molecule has 0 fully saturated rings. The third-order valence-corrected chi connectivity index (χ3v) is 5.00. The van der Waals surface area contributed by atoms with Crippen LogP contribution < -0.4 is 10.3 Å². The predicted molar refractivity (Wildman–Crippen MR) is 99.8 cm³/mol. The molecule has 0 saturated heterocycles. The van der Waals surface area contributed by atoms with Gasteiger partial charge in [-0.05, 0) is 52.3 Å². The minimum atomic E-state index is -0.0602. The third-order valence-electron chi connectivity index (χ3n) is 3.82. The van der Waals surface area contributed by atoms with Gasteiger partial charge in [-0.3, -0.25) is 14.6 Å². The van der Waals surface area contributed by atoms with Gasteiger partial charge in [-0.1, -0.05) is 23.9 Å². The summed E-state index contributed by atoms with van der Waals surface area (Å²) < 4.78 is 7.56. The van der Waals surface area contributed by atoms with E-state index in [9.17, 15) is 4.79 Å². The van der Waals surface area contributed by atoms with Gasteiger partial charge in [-0.15, -0.1) is 0 Å². The van der Waals surface area contributed by atoms with Gasteiger partial charge in [0, 0.05) is 6.04 Å². The third kappa shape index (κ3) is 3.15. The second-order valence-corrected chi connectivity index (χ2v) is 7.80. The molecule has 0 aliphatic carbocycles. The second kappa shape index (κ2) is 6.51. The number of benzene rings is 1. The molecule has 1 aliphatic heterocycles. The zero-order valence-electron chi connectivity index (χ0n) is 14.7. The number of aromatic nitrogens is 2. The fourth-order valence-electron chi connectivity index (χ4n) is 2.81. The van der Waals surface area contributed by atoms with Crippen LogP contribution in [-0.4, -0.2) is 20.9 Å². The summed E-state index contributed by atoms with van der Waals surface area (Å²) in [5.41, 5.74) is 1.75. The Morgan fingerprint density at radius 1 is 1.21 bits per heavy atom. The largest absolute Gasteiger partial charge is 0.491 e. The van der Waals surface area contributed by atoms with Gasteiger partial charge in [0.2, 0.25) is 0 Å². The van der Waals surface area contributed by atoms with Gasteiger partial charge in [0.25, 0.3) is 5.56 Å². The summed E-state index contributed by atoms with van der Waals surface area (Å²) in [6, 6.07) is 8.14. The molecule has 2 heterocycles. The van der Waals surface area contributed by atoms with Crippen molar-refractivity contribution in [1.29, 1.82) is 0 Å². The molecule has 6 heteroatoms. The zero-order chi connectivity index (χ0) is 17.4. The van der Waals surface area contributed by atoms with Gasteiger partial charge in [-0.25, -0.2) is 4.99 Å². The molecular weight excluding hydrogens is 322 g/mol. The van der Waals surface area contributed by atoms with Crippen LogP contribution in [0.2, 0.25) is 0 Å². The Balaban J connectivity index is 2.02. The van der Waals surface area contributed by atoms with Crippen molar-refractivity contribution in [2.24, 2.45) is 4.99 Å². The van der Waals surface area contributed by atoms with Crippen molar-refractivity contribution in [3.05, 3.63) is 45.7 Å². The summed E-state index contributed by atoms with van der Waals surface area (Å²) >= 11 is 1.62. The fourth-order valence-corrected chi connectivity index (χ4v) is 3.91. The average Bonchev–Trinajstić information content (AvgIpc) is 2.84. The Bertz CT molecular complexity index is 816. The summed E-state index contributed by atoms with van der Waals surface area (Å²) in [4.78, 5) is 17.1. The van der Waals surface area contributed by atoms with E-state index in [1.807, 2.05) is 63.6 Å². The predicted octanol–water partition coefficient (Wildman–Crippen LogP) is 4.43. The fraction of sp³-hybridized carbons (Fsp3) is 0.444. The van der Waals surface area contributed by atoms with Gasteiger partial charge in [0.1, 0.15) is 5.75 Å². The number of fused-ring (bicyclic) bond motifs is 1. The summed E-state index contributed by atoms with van der Waals surface area (Å²) in [6.45, 7) is 10.1. The molecule has 0 saturated carbocycles. The number of ether oxygens (including phenoxy) is 1. The number of rotatable bonds is 4. The van der Waals surface area contributed by atoms with Gasteiger partial charge < -0.3 is 4.74 Å². The van der Waals surface area contributed by atoms with Gasteiger partial charge in [0.15, 0.2) is 5.82 Å². The van der Waals surface area contributed by atoms with Crippen LogP contribution in [-0.2, 0) is 0 Å². The monoisotopic (exact) mass is 345 g/mol. The Kier molecular flexibility index (Phi) is 4.58. The number of aromatic amines is 1. The highest BCUT2D eigenvalue weighted by molar-refractivity contribution is 8.14. The molecule has 0 radical (unpaired) electrons. The van der Waals surface area contributed by atoms with Crippen LogP contribution in [0.15, 0.2) is 34.1 Å². The molecule has 5 nitrogen and oxygen atoms in total. The van der Waals surface area contributed by atoms with Crippen molar-refractivity contribution in [1.82, 2.24) is 9.78 Å². The first kappa shape index (κ1) is 16.9. The molecule has 3 rings (SSSR count). The van der Waals surface area contributed by atoms with Crippen LogP contribution in [0.25, 0.3) is 0 Å². The Hall–Kier alpha value is -1.95. The summed E-state index contributed by atoms with van der Waals surface area (Å²) in [5, 5.41) is 3.84. The number of thioether (sulfide) groups is 1. The van der Waals surface area contributed by atoms with E-state index in [0.29, 0.717) is 0 Å². The van der Waals surface area contributed by atoms with Crippen molar-refractivity contribution >= 4 is 22.6 Å². The first-order valence-electron chi connectivity index (χ1n) is 8.19. The van der Waals surface area contributed by atoms with E-state index in [4.69, 9.17) is 4.74 Å². The molecule has 1 aromatic carbocycles. The Labute approximate surface area is 146 Å². The van der Waals surface area contributed by atoms with Crippen LogP contribution in [0.3, 0.4) is 0 Å². The van der Waals surface area contributed by atoms with Gasteiger partial charge >= 0.3 is 0 Å². The highest BCUT2D eigenvalue weighted by atomic mass is 32.2. The maximum absolute atomic E-state index is 12.5. The Morgan fingerprint density at radius 3 is 2.46 bits per heavy atom. The normalized spacial score (nSPS) is 17.1. The molecule has 0 spiro atoms. The van der Waals surface area contributed by atoms with E-state index in [1.165, 1.54) is 0 Å². The van der Waals surface area contributed by atoms with Crippen LogP contribution in [0.1, 0.15) is 57.0 Å². The standard InChI is InChI=1S/C18H23N3O2S/c1-10(2)21-17-15(18(22)20-21)16(24-12(5)19-17)13-6-8-14(9-7-13)23-11(3)4/h6-11,16H,1-5H3,(H,20,22). The molecule has 1 aliphatic rings. The highest BCUT2D eigenvalue weighted by Crippen LogP contribution is 2.44. The number of hydrogen-bond acceptors (Lipinski definition) is 4. The van der Waals surface area contributed by atoms with E-state index in [0.717, 1.165) is 27.7 Å². The lowest BCUT2D eigenvalue weighted by Gasteiger charge is -2.21. The maximum Gasteiger partial charge on any atom is 0.271 e. The lowest BCUT2D eigenvalue weighted by molar-refractivity contribution is 0.242. The maximum atomic E-state index is 12.5. The molecule has 2 aromatic rings. The van der Waals surface area contributed by atoms with Crippen LogP contribution in [0.4, 0.5) is 5.82 Å². The van der Waals surface area contributed by atoms with Crippen molar-refractivity contribution < 1.29 is 4.74 Å². The first-order valence-corrected chi connectivity index (χ1v) is 9.07. The minimum Gasteiger partial charge on any atom is -0.491 e. The number of nitrogens with zero attached hydrogens (tertiary/aromatic N) is 2. The van der Waals surface area contributed by atoms with Crippen LogP contribution in [0, 0.1) is 0 Å². The number of H-pyrrole nitrogens is 1. The molecule has 0 amide bonds. The lowest BCUT2D eigenvalue weighted by Crippen LogP contribution is -2.13. The SMILES string of the molecule is CC1=Nc2c(c(=O)[nH]n2C(C)C)C(c2ccc(OC(C)C)cc2)S1. The van der Waals surface area contributed by atoms with E-state index >= 15 is 0 Å². The van der Waals surface area contributed by atoms with E-state index in [1.54, 1.807) is 11.8 Å². The van der Waals surface area contributed by atoms with E-state index in [-0.39, 0.29) is 23.0 Å². The molecule has 24 heavy (non-hydrogen) atoms. The van der Waals surface area contributed by atoms with Crippen LogP contribution in [0.5, 0.6) is 5.75 Å². The van der Waals surface area contributed by atoms with Crippen molar-refractivity contribution in [2.45, 2.75) is 52.0 Å². The van der Waals surface area contributed by atoms with Gasteiger partial charge in [-0.2, -0.15) is 0 Å².